The number of primary amides is 1. The van der Waals surface area contributed by atoms with Crippen LogP contribution in [0.5, 0.6) is 0 Å². The largest absolute Gasteiger partial charge is 0.444 e. The van der Waals surface area contributed by atoms with Gasteiger partial charge >= 0.3 is 6.09 Å². The van der Waals surface area contributed by atoms with Gasteiger partial charge in [-0.3, -0.25) is 9.36 Å². The minimum atomic E-state index is -0.563. The molecule has 2 aromatic heterocycles. The number of anilines is 3. The fraction of sp³-hybridized carbons (Fsp3) is 0.536. The van der Waals surface area contributed by atoms with Crippen LogP contribution in [0.3, 0.4) is 0 Å². The zero-order valence-electron chi connectivity index (χ0n) is 23.8. The summed E-state index contributed by atoms with van der Waals surface area (Å²) in [7, 11) is 0. The van der Waals surface area contributed by atoms with Crippen LogP contribution < -0.4 is 16.4 Å². The van der Waals surface area contributed by atoms with Gasteiger partial charge in [0.1, 0.15) is 11.1 Å². The van der Waals surface area contributed by atoms with E-state index in [-0.39, 0.29) is 30.0 Å². The Labute approximate surface area is 259 Å². The van der Waals surface area contributed by atoms with Gasteiger partial charge in [0.15, 0.2) is 5.65 Å². The van der Waals surface area contributed by atoms with Crippen molar-refractivity contribution in [3.8, 4) is 0 Å². The molecule has 2 fully saturated rings. The summed E-state index contributed by atoms with van der Waals surface area (Å²) in [6.07, 6.45) is 5.80. The van der Waals surface area contributed by atoms with Crippen LogP contribution in [-0.2, 0) is 9.53 Å². The van der Waals surface area contributed by atoms with E-state index in [2.05, 4.69) is 15.6 Å². The van der Waals surface area contributed by atoms with Crippen molar-refractivity contribution in [1.82, 2.24) is 24.4 Å². The summed E-state index contributed by atoms with van der Waals surface area (Å²) in [4.78, 5) is 40.4. The molecular weight excluding hydrogens is 603 g/mol. The molecule has 1 aliphatic carbocycles. The number of amides is 2. The van der Waals surface area contributed by atoms with E-state index in [0.29, 0.717) is 69.7 Å². The summed E-state index contributed by atoms with van der Waals surface area (Å²) < 4.78 is 7.59. The number of likely N-dealkylation sites (tertiary alicyclic amines) is 1. The second kappa shape index (κ2) is 12.3. The van der Waals surface area contributed by atoms with Gasteiger partial charge in [0.2, 0.25) is 17.8 Å². The molecular formula is C28H35Cl3N8O3. The maximum Gasteiger partial charge on any atom is 0.410 e. The molecule has 3 aromatic rings. The first-order valence-electron chi connectivity index (χ1n) is 14.1. The number of ether oxygens (including phenoxy) is 1. The summed E-state index contributed by atoms with van der Waals surface area (Å²) in [6, 6.07) is 3.16. The van der Waals surface area contributed by atoms with Crippen molar-refractivity contribution in [3.05, 3.63) is 33.4 Å². The van der Waals surface area contributed by atoms with E-state index in [1.54, 1.807) is 23.2 Å². The third-order valence-corrected chi connectivity index (χ3v) is 8.36. The lowest BCUT2D eigenvalue weighted by Crippen LogP contribution is -2.47. The predicted molar refractivity (Wildman–Crippen MR) is 165 cm³/mol. The van der Waals surface area contributed by atoms with Gasteiger partial charge in [0, 0.05) is 36.1 Å². The highest BCUT2D eigenvalue weighted by molar-refractivity contribution is 6.41. The Balaban J connectivity index is 1.44. The fourth-order valence-electron chi connectivity index (χ4n) is 5.56. The molecule has 0 spiro atoms. The van der Waals surface area contributed by atoms with Crippen LogP contribution >= 0.6 is 34.8 Å². The van der Waals surface area contributed by atoms with Crippen molar-refractivity contribution in [1.29, 1.82) is 0 Å². The average Bonchev–Trinajstić information content (AvgIpc) is 3.27. The highest BCUT2D eigenvalue weighted by atomic mass is 35.5. The quantitative estimate of drug-likeness (QED) is 0.276. The number of hydrogen-bond acceptors (Lipinski definition) is 8. The lowest BCUT2D eigenvalue weighted by molar-refractivity contribution is -0.122. The normalized spacial score (nSPS) is 21.3. The number of piperidine rings is 1. The molecule has 1 saturated carbocycles. The van der Waals surface area contributed by atoms with Gasteiger partial charge < -0.3 is 26.0 Å². The van der Waals surface area contributed by atoms with Crippen molar-refractivity contribution >= 4 is 75.6 Å². The summed E-state index contributed by atoms with van der Waals surface area (Å²) in [5.74, 6) is 0.501. The number of nitrogens with zero attached hydrogens (tertiary/aromatic N) is 5. The molecule has 1 aliphatic heterocycles. The van der Waals surface area contributed by atoms with Crippen molar-refractivity contribution in [3.63, 3.8) is 0 Å². The Hall–Kier alpha value is -3.02. The smallest absolute Gasteiger partial charge is 0.410 e. The monoisotopic (exact) mass is 636 g/mol. The molecule has 2 aliphatic rings. The number of nitrogens with two attached hydrogens (primary N) is 1. The minimum Gasteiger partial charge on any atom is -0.444 e. The molecule has 1 saturated heterocycles. The van der Waals surface area contributed by atoms with E-state index in [0.717, 1.165) is 25.7 Å². The third kappa shape index (κ3) is 6.95. The first-order chi connectivity index (χ1) is 19.9. The molecule has 3 heterocycles. The van der Waals surface area contributed by atoms with E-state index >= 15 is 0 Å². The molecule has 4 N–H and O–H groups in total. The topological polar surface area (TPSA) is 140 Å². The third-order valence-electron chi connectivity index (χ3n) is 7.55. The van der Waals surface area contributed by atoms with Crippen molar-refractivity contribution in [2.24, 2.45) is 11.7 Å². The van der Waals surface area contributed by atoms with Gasteiger partial charge in [-0.1, -0.05) is 34.8 Å². The molecule has 14 heteroatoms. The van der Waals surface area contributed by atoms with Crippen molar-refractivity contribution < 1.29 is 14.3 Å². The van der Waals surface area contributed by atoms with Crippen LogP contribution in [0.4, 0.5) is 22.4 Å². The van der Waals surface area contributed by atoms with Crippen LogP contribution in [0.15, 0.2) is 18.3 Å². The molecule has 1 atom stereocenters. The molecule has 1 unspecified atom stereocenters. The highest BCUT2D eigenvalue weighted by Crippen LogP contribution is 2.40. The first kappa shape index (κ1) is 30.4. The van der Waals surface area contributed by atoms with Crippen LogP contribution in [-0.4, -0.2) is 61.2 Å². The van der Waals surface area contributed by atoms with E-state index in [9.17, 15) is 9.59 Å². The molecule has 42 heavy (non-hydrogen) atoms. The summed E-state index contributed by atoms with van der Waals surface area (Å²) in [5, 5.41) is 7.81. The summed E-state index contributed by atoms with van der Waals surface area (Å²) in [5.41, 5.74) is 6.71. The molecule has 226 valence electrons. The number of fused-ring (bicyclic) bond motifs is 1. The van der Waals surface area contributed by atoms with Crippen molar-refractivity contribution in [2.45, 2.75) is 77.0 Å². The number of carbonyl (C=O) groups excluding carboxylic acids is 2. The maximum absolute atomic E-state index is 12.7. The number of carbonyl (C=O) groups is 2. The van der Waals surface area contributed by atoms with Gasteiger partial charge in [0.25, 0.3) is 0 Å². The lowest BCUT2D eigenvalue weighted by Gasteiger charge is -2.34. The number of benzene rings is 1. The second-order valence-corrected chi connectivity index (χ2v) is 13.1. The number of nitrogens with one attached hydrogen (secondary N) is 2. The number of halogens is 3. The van der Waals surface area contributed by atoms with E-state index < -0.39 is 5.60 Å². The zero-order chi connectivity index (χ0) is 30.2. The number of imidazole rings is 1. The Morgan fingerprint density at radius 1 is 1.05 bits per heavy atom. The Kier molecular flexibility index (Phi) is 8.91. The van der Waals surface area contributed by atoms with Gasteiger partial charge in [-0.05, 0) is 71.4 Å². The van der Waals surface area contributed by atoms with Crippen LogP contribution in [0.2, 0.25) is 15.1 Å². The highest BCUT2D eigenvalue weighted by Gasteiger charge is 2.31. The Morgan fingerprint density at radius 2 is 1.74 bits per heavy atom. The standard InChI is InChI=1S/C28H35Cl3N8O3/c1-28(2,3)42-27(41)38-10-4-5-17(14-38)34-25-33-13-21-24(37-25)39(18-8-6-15(7-9-18)23(32)40)26(35-21)36-22-19(30)11-16(29)12-20(22)31/h11-13,15,17-18H,4-10,14H2,1-3H3,(H2,32,40)(H,35,36)(H,33,34,37)/t15-,17?,18+. The van der Waals surface area contributed by atoms with Gasteiger partial charge in [-0.15, -0.1) is 0 Å². The van der Waals surface area contributed by atoms with E-state index in [1.165, 1.54) is 0 Å². The molecule has 0 radical (unpaired) electrons. The van der Waals surface area contributed by atoms with Gasteiger partial charge in [-0.2, -0.15) is 4.98 Å². The molecule has 11 nitrogen and oxygen atoms in total. The number of aromatic nitrogens is 4. The SMILES string of the molecule is CC(C)(C)OC(=O)N1CCCC(Nc2ncc3nc(Nc4c(Cl)cc(Cl)cc4Cl)n([C@H]4CC[C@@H](C(N)=O)CC4)c3n2)C1. The van der Waals surface area contributed by atoms with Crippen LogP contribution in [0, 0.1) is 5.92 Å². The lowest BCUT2D eigenvalue weighted by atomic mass is 9.85. The second-order valence-electron chi connectivity index (χ2n) is 11.9. The van der Waals surface area contributed by atoms with E-state index in [4.69, 9.17) is 55.2 Å². The molecule has 1 aromatic carbocycles. The number of rotatable bonds is 6. The Morgan fingerprint density at radius 3 is 2.38 bits per heavy atom. The van der Waals surface area contributed by atoms with Crippen molar-refractivity contribution in [2.75, 3.05) is 23.7 Å². The Bertz CT molecular complexity index is 1460. The summed E-state index contributed by atoms with van der Waals surface area (Å²) in [6.45, 7) is 6.69. The predicted octanol–water partition coefficient (Wildman–Crippen LogP) is 6.56. The zero-order valence-corrected chi connectivity index (χ0v) is 26.1. The van der Waals surface area contributed by atoms with E-state index in [1.807, 2.05) is 25.3 Å². The molecule has 5 rings (SSSR count). The van der Waals surface area contributed by atoms with Crippen LogP contribution in [0.25, 0.3) is 11.2 Å². The first-order valence-corrected chi connectivity index (χ1v) is 15.2. The minimum absolute atomic E-state index is 0.00181. The maximum atomic E-state index is 12.7. The average molecular weight is 638 g/mol. The van der Waals surface area contributed by atoms with Gasteiger partial charge in [-0.25, -0.2) is 14.8 Å². The van der Waals surface area contributed by atoms with Crippen LogP contribution in [0.1, 0.15) is 65.3 Å². The molecule has 0 bridgehead atoms. The van der Waals surface area contributed by atoms with Gasteiger partial charge in [0.05, 0.1) is 21.9 Å². The fourth-order valence-corrected chi connectivity index (χ4v) is 6.47. The molecule has 2 amide bonds. The number of hydrogen-bond donors (Lipinski definition) is 3. The summed E-state index contributed by atoms with van der Waals surface area (Å²) >= 11 is 19.1.